The van der Waals surface area contributed by atoms with Crippen molar-refractivity contribution in [2.45, 2.75) is 17.7 Å². The molecular formula is C8H12N2O4S. The van der Waals surface area contributed by atoms with E-state index in [9.17, 15) is 14.4 Å². The molecule has 1 rings (SSSR count). The molecule has 0 aliphatic carbocycles. The Morgan fingerprint density at radius 3 is 2.73 bits per heavy atom. The summed E-state index contributed by atoms with van der Waals surface area (Å²) >= 11 is 1.12. The number of aliphatic carboxylic acids is 1. The highest BCUT2D eigenvalue weighted by molar-refractivity contribution is 8.00. The van der Waals surface area contributed by atoms with Crippen LogP contribution in [0.25, 0.3) is 0 Å². The fraction of sp³-hybridized carbons (Fsp3) is 0.625. The minimum atomic E-state index is -1.10. The molecule has 84 valence electrons. The number of hydrogen-bond acceptors (Lipinski definition) is 5. The molecule has 1 heterocycles. The van der Waals surface area contributed by atoms with Gasteiger partial charge in [-0.15, -0.1) is 11.8 Å². The topological polar surface area (TPSA) is 101 Å². The van der Waals surface area contributed by atoms with Crippen LogP contribution in [0.5, 0.6) is 0 Å². The zero-order chi connectivity index (χ0) is 11.6. The van der Waals surface area contributed by atoms with E-state index in [4.69, 9.17) is 10.8 Å². The number of carbonyl (C=O) groups excluding carboxylic acids is 2. The minimum absolute atomic E-state index is 0.131. The van der Waals surface area contributed by atoms with Crippen LogP contribution < -0.4 is 5.73 Å². The largest absolute Gasteiger partial charge is 0.480 e. The molecule has 1 saturated heterocycles. The molecule has 2 atom stereocenters. The van der Waals surface area contributed by atoms with E-state index in [0.29, 0.717) is 0 Å². The monoisotopic (exact) mass is 232 g/mol. The van der Waals surface area contributed by atoms with E-state index in [0.717, 1.165) is 16.7 Å². The summed E-state index contributed by atoms with van der Waals surface area (Å²) in [6, 6.07) is -0.996. The van der Waals surface area contributed by atoms with E-state index in [1.54, 1.807) is 0 Å². The Morgan fingerprint density at radius 2 is 2.33 bits per heavy atom. The van der Waals surface area contributed by atoms with Crippen molar-refractivity contribution < 1.29 is 19.5 Å². The fourth-order valence-corrected chi connectivity index (χ4v) is 2.29. The Morgan fingerprint density at radius 1 is 1.73 bits per heavy atom. The number of rotatable bonds is 4. The molecule has 0 aromatic rings. The second-order valence-corrected chi connectivity index (χ2v) is 4.50. The molecule has 0 aromatic carbocycles. The number of carbonyl (C=O) groups is 3. The van der Waals surface area contributed by atoms with E-state index < -0.39 is 17.3 Å². The number of likely N-dealkylation sites (tertiary alicyclic amines) is 1. The predicted octanol–water partition coefficient (Wildman–Crippen LogP) is -1.11. The molecular weight excluding hydrogens is 220 g/mol. The first-order chi connectivity index (χ1) is 6.93. The molecule has 15 heavy (non-hydrogen) atoms. The molecule has 3 N–H and O–H groups in total. The first-order valence-electron chi connectivity index (χ1n) is 4.34. The molecule has 0 bridgehead atoms. The van der Waals surface area contributed by atoms with E-state index in [1.807, 2.05) is 0 Å². The lowest BCUT2D eigenvalue weighted by Gasteiger charge is -2.10. The van der Waals surface area contributed by atoms with E-state index in [1.165, 1.54) is 7.05 Å². The van der Waals surface area contributed by atoms with Crippen LogP contribution in [0.1, 0.15) is 6.42 Å². The summed E-state index contributed by atoms with van der Waals surface area (Å²) in [6.45, 7) is 0. The Bertz CT molecular complexity index is 307. The van der Waals surface area contributed by atoms with Crippen LogP contribution in [0.4, 0.5) is 0 Å². The number of thioether (sulfide) groups is 1. The van der Waals surface area contributed by atoms with Gasteiger partial charge in [0, 0.05) is 19.2 Å². The highest BCUT2D eigenvalue weighted by Crippen LogP contribution is 2.24. The van der Waals surface area contributed by atoms with Crippen LogP contribution in [0.15, 0.2) is 0 Å². The molecule has 2 amide bonds. The van der Waals surface area contributed by atoms with Crippen molar-refractivity contribution in [1.29, 1.82) is 0 Å². The number of nitrogens with two attached hydrogens (primary N) is 1. The third-order valence-electron chi connectivity index (χ3n) is 2.13. The van der Waals surface area contributed by atoms with Gasteiger partial charge < -0.3 is 10.8 Å². The number of imide groups is 1. The van der Waals surface area contributed by atoms with Gasteiger partial charge in [-0.25, -0.2) is 0 Å². The van der Waals surface area contributed by atoms with Crippen molar-refractivity contribution in [3.8, 4) is 0 Å². The van der Waals surface area contributed by atoms with Gasteiger partial charge in [-0.05, 0) is 0 Å². The number of amides is 2. The van der Waals surface area contributed by atoms with Gasteiger partial charge in [0.15, 0.2) is 0 Å². The second-order valence-electron chi connectivity index (χ2n) is 3.26. The van der Waals surface area contributed by atoms with Crippen LogP contribution >= 0.6 is 11.8 Å². The molecule has 0 saturated carbocycles. The lowest BCUT2D eigenvalue weighted by atomic mass is 10.3. The molecule has 0 aromatic heterocycles. The van der Waals surface area contributed by atoms with Gasteiger partial charge >= 0.3 is 5.97 Å². The first kappa shape index (κ1) is 12.0. The summed E-state index contributed by atoms with van der Waals surface area (Å²) in [4.78, 5) is 34.0. The maximum absolute atomic E-state index is 11.4. The first-order valence-corrected chi connectivity index (χ1v) is 5.38. The minimum Gasteiger partial charge on any atom is -0.480 e. The van der Waals surface area contributed by atoms with Crippen molar-refractivity contribution in [3.05, 3.63) is 0 Å². The van der Waals surface area contributed by atoms with Crippen molar-refractivity contribution in [1.82, 2.24) is 4.90 Å². The highest BCUT2D eigenvalue weighted by Gasteiger charge is 2.36. The van der Waals surface area contributed by atoms with E-state index in [2.05, 4.69) is 0 Å². The maximum Gasteiger partial charge on any atom is 0.321 e. The van der Waals surface area contributed by atoms with Crippen LogP contribution in [0.2, 0.25) is 0 Å². The third-order valence-corrected chi connectivity index (χ3v) is 3.46. The van der Waals surface area contributed by atoms with Gasteiger partial charge in [-0.3, -0.25) is 19.3 Å². The van der Waals surface area contributed by atoms with Crippen LogP contribution in [0, 0.1) is 0 Å². The molecule has 1 aliphatic rings. The number of nitrogens with zero attached hydrogens (tertiary/aromatic N) is 1. The predicted molar refractivity (Wildman–Crippen MR) is 54.3 cm³/mol. The van der Waals surface area contributed by atoms with Crippen LogP contribution in [-0.2, 0) is 14.4 Å². The Kier molecular flexibility index (Phi) is 3.70. The van der Waals surface area contributed by atoms with Gasteiger partial charge in [0.25, 0.3) is 0 Å². The fourth-order valence-electron chi connectivity index (χ4n) is 1.14. The Hall–Kier alpha value is -1.08. The molecule has 0 spiro atoms. The molecule has 6 nitrogen and oxygen atoms in total. The maximum atomic E-state index is 11.4. The smallest absolute Gasteiger partial charge is 0.321 e. The van der Waals surface area contributed by atoms with E-state index in [-0.39, 0.29) is 24.0 Å². The van der Waals surface area contributed by atoms with Crippen LogP contribution in [-0.4, -0.2) is 51.9 Å². The molecule has 0 radical (unpaired) electrons. The second kappa shape index (κ2) is 4.63. The summed E-state index contributed by atoms with van der Waals surface area (Å²) in [6.07, 6.45) is 0.131. The van der Waals surface area contributed by atoms with Crippen molar-refractivity contribution in [2.75, 3.05) is 12.8 Å². The summed E-state index contributed by atoms with van der Waals surface area (Å²) < 4.78 is 0. The number of hydrogen-bond donors (Lipinski definition) is 2. The van der Waals surface area contributed by atoms with Crippen molar-refractivity contribution in [3.63, 3.8) is 0 Å². The van der Waals surface area contributed by atoms with Gasteiger partial charge in [0.1, 0.15) is 6.04 Å². The highest BCUT2D eigenvalue weighted by atomic mass is 32.2. The lowest BCUT2D eigenvalue weighted by Crippen LogP contribution is -2.34. The number of carboxylic acid groups (broad SMARTS) is 1. The van der Waals surface area contributed by atoms with Gasteiger partial charge in [-0.2, -0.15) is 0 Å². The van der Waals surface area contributed by atoms with E-state index >= 15 is 0 Å². The van der Waals surface area contributed by atoms with Gasteiger partial charge in [0.2, 0.25) is 11.8 Å². The van der Waals surface area contributed by atoms with Crippen LogP contribution in [0.3, 0.4) is 0 Å². The zero-order valence-electron chi connectivity index (χ0n) is 8.17. The average molecular weight is 232 g/mol. The lowest BCUT2D eigenvalue weighted by molar-refractivity contribution is -0.138. The summed E-state index contributed by atoms with van der Waals surface area (Å²) in [7, 11) is 1.42. The summed E-state index contributed by atoms with van der Waals surface area (Å²) in [5, 5.41) is 8.05. The number of carboxylic acids is 1. The quantitative estimate of drug-likeness (QED) is 0.596. The molecule has 1 aliphatic heterocycles. The normalized spacial score (nSPS) is 23.3. The zero-order valence-corrected chi connectivity index (χ0v) is 8.99. The summed E-state index contributed by atoms with van der Waals surface area (Å²) in [5.74, 6) is -1.48. The summed E-state index contributed by atoms with van der Waals surface area (Å²) in [5.41, 5.74) is 5.28. The van der Waals surface area contributed by atoms with Gasteiger partial charge in [0.05, 0.1) is 5.25 Å². The molecule has 7 heteroatoms. The Balaban J connectivity index is 2.44. The molecule has 1 fully saturated rings. The average Bonchev–Trinajstić information content (AvgIpc) is 2.42. The SMILES string of the molecule is CN1C(=O)C[C@H](SC[C@H](N)C(=O)O)C1=O. The standard InChI is InChI=1S/C8H12N2O4S/c1-10-6(11)2-5(7(10)12)15-3-4(9)8(13)14/h4-5H,2-3,9H2,1H3,(H,13,14)/t4-,5-/m0/s1. The van der Waals surface area contributed by atoms with Crippen molar-refractivity contribution >= 4 is 29.5 Å². The van der Waals surface area contributed by atoms with Crippen molar-refractivity contribution in [2.24, 2.45) is 5.73 Å². The van der Waals surface area contributed by atoms with Gasteiger partial charge in [-0.1, -0.05) is 0 Å². The Labute approximate surface area is 90.8 Å². The third kappa shape index (κ3) is 2.69. The molecule has 0 unspecified atom stereocenters.